The third-order valence-electron chi connectivity index (χ3n) is 15.8. The summed E-state index contributed by atoms with van der Waals surface area (Å²) < 4.78 is 22.9. The molecule has 16 heteroatoms. The zero-order valence-electron chi connectivity index (χ0n) is 47.7. The molecule has 2 unspecified atom stereocenters. The van der Waals surface area contributed by atoms with E-state index >= 15 is 0 Å². The van der Waals surface area contributed by atoms with E-state index in [0.717, 1.165) is 127 Å². The Labute approximate surface area is 448 Å². The highest BCUT2D eigenvalue weighted by molar-refractivity contribution is 5.78. The van der Waals surface area contributed by atoms with Crippen molar-refractivity contribution in [1.82, 2.24) is 14.7 Å². The maximum Gasteiger partial charge on any atom is 0.410 e. The van der Waals surface area contributed by atoms with Gasteiger partial charge in [0.15, 0.2) is 0 Å². The lowest BCUT2D eigenvalue weighted by molar-refractivity contribution is -0.193. The van der Waals surface area contributed by atoms with Crippen LogP contribution in [0.1, 0.15) is 173 Å². The standard InChI is InChI=1S/C28H45N3O3.C15H21NO2.C14H25NO2.2CO2/c1-7-27(6)21-30(15-16-33-27)24-18-22(2)17-23(19-24)20-31-12-8-9-28(31)10-13-29(14-11-28)25(32)34-26(3,4)5;1-4-15(3)11-16(5-6-18-15)14-8-12(2)7-13(9-14)10-17;1-13(2,3)17-12(16)15-10-8-14(9-11-15)6-4-5-7-14;2*2-1-3/h17-19H,7-16,20-21H2,1-6H3;7-10H,4-6,11H2,1-3H3;4-11H2,1-3H3;;. The summed E-state index contributed by atoms with van der Waals surface area (Å²) in [5.41, 5.74) is 6.86. The van der Waals surface area contributed by atoms with Gasteiger partial charge in [-0.15, -0.1) is 0 Å². The first kappa shape index (κ1) is 62.4. The number of likely N-dealkylation sites (tertiary alicyclic amines) is 3. The predicted octanol–water partition coefficient (Wildman–Crippen LogP) is 10.6. The van der Waals surface area contributed by atoms with Crippen LogP contribution in [0.3, 0.4) is 0 Å². The zero-order chi connectivity index (χ0) is 55.7. The van der Waals surface area contributed by atoms with Crippen LogP contribution >= 0.6 is 0 Å². The van der Waals surface area contributed by atoms with Crippen molar-refractivity contribution < 1.29 is 52.5 Å². The van der Waals surface area contributed by atoms with Crippen LogP contribution in [0.4, 0.5) is 21.0 Å². The number of nitrogens with zero attached hydrogens (tertiary/aromatic N) is 5. The molecule has 5 saturated heterocycles. The Hall–Kier alpha value is -5.11. The van der Waals surface area contributed by atoms with Crippen molar-refractivity contribution in [2.75, 3.05) is 81.9 Å². The largest absolute Gasteiger partial charge is 0.444 e. The van der Waals surface area contributed by atoms with Gasteiger partial charge >= 0.3 is 24.5 Å². The lowest BCUT2D eigenvalue weighted by Crippen LogP contribution is -2.53. The maximum atomic E-state index is 12.6. The first-order valence-corrected chi connectivity index (χ1v) is 27.5. The molecule has 0 bridgehead atoms. The molecule has 2 spiro atoms. The number of ether oxygens (including phenoxy) is 4. The molecule has 8 rings (SSSR count). The van der Waals surface area contributed by atoms with E-state index < -0.39 is 5.60 Å². The normalized spacial score (nSPS) is 23.1. The Bertz CT molecular complexity index is 2210. The monoisotopic (exact) mass is 1050 g/mol. The highest BCUT2D eigenvalue weighted by atomic mass is 16.6. The smallest absolute Gasteiger partial charge is 0.410 e. The zero-order valence-corrected chi connectivity index (χ0v) is 47.7. The van der Waals surface area contributed by atoms with Gasteiger partial charge in [0, 0.05) is 81.4 Å². The molecular weight excluding hydrogens is 955 g/mol. The minimum absolute atomic E-state index is 0.0662. The molecule has 6 aliphatic rings. The van der Waals surface area contributed by atoms with Crippen molar-refractivity contribution in [2.24, 2.45) is 5.41 Å². The van der Waals surface area contributed by atoms with Gasteiger partial charge in [-0.2, -0.15) is 19.2 Å². The Morgan fingerprint density at radius 1 is 0.600 bits per heavy atom. The van der Waals surface area contributed by atoms with Crippen LogP contribution in [-0.4, -0.2) is 146 Å². The van der Waals surface area contributed by atoms with Gasteiger partial charge in [-0.3, -0.25) is 9.69 Å². The van der Waals surface area contributed by atoms with Gasteiger partial charge in [0.25, 0.3) is 0 Å². The van der Waals surface area contributed by atoms with Crippen LogP contribution in [0.15, 0.2) is 36.4 Å². The molecule has 16 nitrogen and oxygen atoms in total. The van der Waals surface area contributed by atoms with Crippen molar-refractivity contribution in [3.63, 3.8) is 0 Å². The molecule has 6 fully saturated rings. The van der Waals surface area contributed by atoms with E-state index in [4.69, 9.17) is 38.1 Å². The van der Waals surface area contributed by atoms with Crippen LogP contribution in [0, 0.1) is 19.3 Å². The molecule has 75 heavy (non-hydrogen) atoms. The second-order valence-corrected chi connectivity index (χ2v) is 24.1. The quantitative estimate of drug-likeness (QED) is 0.240. The van der Waals surface area contributed by atoms with E-state index in [1.807, 2.05) is 70.4 Å². The molecule has 1 saturated carbocycles. The number of aldehydes is 1. The molecule has 5 heterocycles. The number of morpholine rings is 2. The highest BCUT2D eigenvalue weighted by Gasteiger charge is 2.45. The molecule has 1 aliphatic carbocycles. The number of hydrogen-bond donors (Lipinski definition) is 0. The fourth-order valence-electron chi connectivity index (χ4n) is 11.5. The third-order valence-corrected chi connectivity index (χ3v) is 15.8. The van der Waals surface area contributed by atoms with Crippen molar-refractivity contribution >= 4 is 42.2 Å². The molecule has 0 radical (unpaired) electrons. The lowest BCUT2D eigenvalue weighted by Gasteiger charge is -2.45. The van der Waals surface area contributed by atoms with Crippen molar-refractivity contribution in [3.8, 4) is 0 Å². The SMILES string of the molecule is CC(C)(C)OC(=O)N1CCC2(CCCC2)CC1.CCC1(C)CN(c2cc(C)cc(C=O)c2)CCO1.CCC1(C)CN(c2cc(C)cc(CN3CCCC34CCN(C(=O)OC(C)(C)C)CC4)c2)CCO1.O=C=O.O=C=O. The molecule has 418 valence electrons. The number of amides is 2. The van der Waals surface area contributed by atoms with Crippen molar-refractivity contribution in [1.29, 1.82) is 0 Å². The third kappa shape index (κ3) is 19.1. The Kier molecular flexibility index (Phi) is 23.1. The Balaban J connectivity index is 0.000000250. The van der Waals surface area contributed by atoms with Crippen LogP contribution in [0.5, 0.6) is 0 Å². The fourth-order valence-corrected chi connectivity index (χ4v) is 11.5. The lowest BCUT2D eigenvalue weighted by atomic mass is 9.77. The Morgan fingerprint density at radius 2 is 1.04 bits per heavy atom. The second kappa shape index (κ2) is 27.8. The van der Waals surface area contributed by atoms with Gasteiger partial charge in [-0.05, 0) is 192 Å². The van der Waals surface area contributed by atoms with Gasteiger partial charge in [0.1, 0.15) is 17.5 Å². The number of anilines is 2. The summed E-state index contributed by atoms with van der Waals surface area (Å²) >= 11 is 0. The molecule has 2 atom stereocenters. The van der Waals surface area contributed by atoms with Gasteiger partial charge in [-0.1, -0.05) is 32.8 Å². The number of piperidine rings is 2. The minimum atomic E-state index is -0.441. The first-order chi connectivity index (χ1) is 35.3. The minimum Gasteiger partial charge on any atom is -0.444 e. The molecule has 2 aromatic carbocycles. The van der Waals surface area contributed by atoms with E-state index in [9.17, 15) is 14.4 Å². The van der Waals surface area contributed by atoms with Crippen molar-refractivity contribution in [3.05, 3.63) is 58.7 Å². The Morgan fingerprint density at radius 3 is 1.48 bits per heavy atom. The van der Waals surface area contributed by atoms with E-state index in [0.29, 0.717) is 5.41 Å². The summed E-state index contributed by atoms with van der Waals surface area (Å²) in [5, 5.41) is 0. The molecule has 2 aromatic rings. The number of aryl methyl sites for hydroxylation is 2. The van der Waals surface area contributed by atoms with E-state index in [2.05, 4.69) is 73.6 Å². The number of carbonyl (C=O) groups is 3. The maximum absolute atomic E-state index is 12.6. The van der Waals surface area contributed by atoms with Crippen LogP contribution in [0.2, 0.25) is 0 Å². The average molecular weight is 1050 g/mol. The fraction of sp³-hybridized carbons (Fsp3) is 0.712. The summed E-state index contributed by atoms with van der Waals surface area (Å²) in [5.74, 6) is 0. The molecule has 0 N–H and O–H groups in total. The summed E-state index contributed by atoms with van der Waals surface area (Å²) in [6.45, 7) is 35.2. The van der Waals surface area contributed by atoms with E-state index in [1.54, 1.807) is 0 Å². The van der Waals surface area contributed by atoms with Gasteiger partial charge in [-0.25, -0.2) is 9.59 Å². The van der Waals surface area contributed by atoms with Crippen LogP contribution in [0.25, 0.3) is 0 Å². The first-order valence-electron chi connectivity index (χ1n) is 27.5. The van der Waals surface area contributed by atoms with Gasteiger partial charge < -0.3 is 38.5 Å². The van der Waals surface area contributed by atoms with Crippen molar-refractivity contribution in [2.45, 2.75) is 195 Å². The number of hydrogen-bond acceptors (Lipinski definition) is 14. The number of carbonyl (C=O) groups excluding carboxylic acids is 7. The van der Waals surface area contributed by atoms with E-state index in [1.165, 1.54) is 68.2 Å². The number of rotatable bonds is 7. The van der Waals surface area contributed by atoms with Crippen LogP contribution < -0.4 is 9.80 Å². The molecule has 0 aromatic heterocycles. The summed E-state index contributed by atoms with van der Waals surface area (Å²) in [4.78, 5) is 79.2. The molecular formula is C59H91N5O11. The number of benzene rings is 2. The van der Waals surface area contributed by atoms with Crippen LogP contribution in [-0.2, 0) is 44.7 Å². The predicted molar refractivity (Wildman–Crippen MR) is 289 cm³/mol. The van der Waals surface area contributed by atoms with Gasteiger partial charge in [0.2, 0.25) is 0 Å². The highest BCUT2D eigenvalue weighted by Crippen LogP contribution is 2.46. The topological polar surface area (TPSA) is 173 Å². The second-order valence-electron chi connectivity index (χ2n) is 24.1. The average Bonchev–Trinajstić information content (AvgIpc) is 3.97. The summed E-state index contributed by atoms with van der Waals surface area (Å²) in [7, 11) is 0. The molecule has 2 amide bonds. The van der Waals surface area contributed by atoms with E-state index in [-0.39, 0.29) is 46.8 Å². The summed E-state index contributed by atoms with van der Waals surface area (Å²) in [6, 6.07) is 13.1. The molecule has 5 aliphatic heterocycles. The van der Waals surface area contributed by atoms with Gasteiger partial charge in [0.05, 0.1) is 24.4 Å². The summed E-state index contributed by atoms with van der Waals surface area (Å²) in [6.07, 6.45) is 15.5.